The largest absolute Gasteiger partial charge is 0.379 e. The Bertz CT molecular complexity index is 935. The summed E-state index contributed by atoms with van der Waals surface area (Å²) in [6, 6.07) is 11.2. The number of nitrogens with zero attached hydrogens (tertiary/aromatic N) is 2. The van der Waals surface area contributed by atoms with Crippen molar-refractivity contribution in [1.82, 2.24) is 9.62 Å². The molecule has 0 heterocycles. The zero-order valence-corrected chi connectivity index (χ0v) is 17.3. The van der Waals surface area contributed by atoms with Gasteiger partial charge in [-0.2, -0.15) is 0 Å². The van der Waals surface area contributed by atoms with Crippen LogP contribution in [0.15, 0.2) is 47.4 Å². The summed E-state index contributed by atoms with van der Waals surface area (Å²) in [6.45, 7) is 1.17. The second-order valence-electron chi connectivity index (χ2n) is 6.44. The van der Waals surface area contributed by atoms with Crippen LogP contribution in [0.2, 0.25) is 5.02 Å². The number of hydrogen-bond donors (Lipinski definition) is 2. The Morgan fingerprint density at radius 2 is 1.89 bits per heavy atom. The van der Waals surface area contributed by atoms with E-state index in [1.54, 1.807) is 6.07 Å². The van der Waals surface area contributed by atoms with E-state index in [1.165, 1.54) is 12.1 Å². The van der Waals surface area contributed by atoms with E-state index in [0.29, 0.717) is 24.5 Å². The highest BCUT2D eigenvalue weighted by molar-refractivity contribution is 7.89. The number of benzene rings is 2. The summed E-state index contributed by atoms with van der Waals surface area (Å²) in [7, 11) is -0.176. The van der Waals surface area contributed by atoms with Crippen LogP contribution in [-0.2, 0) is 16.4 Å². The molecule has 2 aromatic rings. The smallest absolute Gasteiger partial charge is 0.293 e. The Morgan fingerprint density at radius 1 is 1.14 bits per heavy atom. The third kappa shape index (κ3) is 6.45. The molecule has 2 N–H and O–H groups in total. The molecule has 0 aliphatic heterocycles. The van der Waals surface area contributed by atoms with Gasteiger partial charge in [0.05, 0.1) is 9.82 Å². The first-order valence-corrected chi connectivity index (χ1v) is 10.5. The Balaban J connectivity index is 2.10. The van der Waals surface area contributed by atoms with Crippen LogP contribution in [0.3, 0.4) is 0 Å². The maximum atomic E-state index is 12.3. The summed E-state index contributed by atoms with van der Waals surface area (Å²) in [5.41, 5.74) is 0.966. The van der Waals surface area contributed by atoms with Crippen molar-refractivity contribution >= 4 is 33.0 Å². The lowest BCUT2D eigenvalue weighted by atomic mass is 10.1. The van der Waals surface area contributed by atoms with Gasteiger partial charge in [-0.1, -0.05) is 23.7 Å². The van der Waals surface area contributed by atoms with Gasteiger partial charge in [0.15, 0.2) is 0 Å². The molecular formula is C18H23ClN4O4S. The molecule has 0 spiro atoms. The molecule has 0 unspecified atom stereocenters. The van der Waals surface area contributed by atoms with Gasteiger partial charge in [0.25, 0.3) is 5.69 Å². The van der Waals surface area contributed by atoms with E-state index in [2.05, 4.69) is 10.0 Å². The second kappa shape index (κ2) is 9.83. The molecule has 10 heteroatoms. The van der Waals surface area contributed by atoms with E-state index < -0.39 is 14.9 Å². The van der Waals surface area contributed by atoms with Gasteiger partial charge in [-0.05, 0) is 50.3 Å². The fourth-order valence-electron chi connectivity index (χ4n) is 2.50. The number of nitro benzene ring substituents is 1. The van der Waals surface area contributed by atoms with E-state index in [1.807, 2.05) is 37.2 Å². The summed E-state index contributed by atoms with van der Waals surface area (Å²) in [4.78, 5) is 12.5. The van der Waals surface area contributed by atoms with Gasteiger partial charge in [0.1, 0.15) is 5.69 Å². The fraction of sp³-hybridized carbons (Fsp3) is 0.333. The molecule has 0 radical (unpaired) electrons. The normalized spacial score (nSPS) is 11.6. The maximum Gasteiger partial charge on any atom is 0.293 e. The van der Waals surface area contributed by atoms with Crippen molar-refractivity contribution in [2.45, 2.75) is 11.3 Å². The number of nitro groups is 1. The predicted octanol–water partition coefficient (Wildman–Crippen LogP) is 2.74. The highest BCUT2D eigenvalue weighted by Crippen LogP contribution is 2.27. The van der Waals surface area contributed by atoms with Crippen LogP contribution in [-0.4, -0.2) is 52.0 Å². The Morgan fingerprint density at radius 3 is 2.54 bits per heavy atom. The first-order valence-electron chi connectivity index (χ1n) is 8.60. The average Bonchev–Trinajstić information content (AvgIpc) is 2.61. The highest BCUT2D eigenvalue weighted by Gasteiger charge is 2.21. The summed E-state index contributed by atoms with van der Waals surface area (Å²) in [6.07, 6.45) is 0.615. The number of nitrogens with one attached hydrogen (secondary N) is 2. The van der Waals surface area contributed by atoms with Crippen LogP contribution in [0.5, 0.6) is 0 Å². The standard InChI is InChI=1S/C18H23ClN4O4S/c1-22(2)11-10-21-28(26,27)16-6-7-17(18(13-16)23(24)25)20-9-8-14-4-3-5-15(19)12-14/h3-7,12-13,20-21H,8-11H2,1-2H3. The minimum atomic E-state index is -3.82. The molecule has 2 aromatic carbocycles. The molecule has 8 nitrogen and oxygen atoms in total. The van der Waals surface area contributed by atoms with Crippen LogP contribution in [0.1, 0.15) is 5.56 Å². The van der Waals surface area contributed by atoms with E-state index in [-0.39, 0.29) is 22.8 Å². The predicted molar refractivity (Wildman–Crippen MR) is 110 cm³/mol. The average molecular weight is 427 g/mol. The zero-order chi connectivity index (χ0) is 20.7. The van der Waals surface area contributed by atoms with Crippen molar-refractivity contribution in [2.24, 2.45) is 0 Å². The minimum Gasteiger partial charge on any atom is -0.379 e. The van der Waals surface area contributed by atoms with Crippen molar-refractivity contribution in [3.05, 3.63) is 63.2 Å². The van der Waals surface area contributed by atoms with E-state index >= 15 is 0 Å². The molecule has 152 valence electrons. The molecule has 0 saturated heterocycles. The molecule has 2 rings (SSSR count). The number of halogens is 1. The Hall–Kier alpha value is -2.20. The van der Waals surface area contributed by atoms with Gasteiger partial charge in [-0.25, -0.2) is 13.1 Å². The number of anilines is 1. The van der Waals surface area contributed by atoms with Crippen LogP contribution >= 0.6 is 11.6 Å². The number of rotatable bonds is 10. The summed E-state index contributed by atoms with van der Waals surface area (Å²) < 4.78 is 27.1. The number of likely N-dealkylation sites (N-methyl/N-ethyl adjacent to an activating group) is 1. The quantitative estimate of drug-likeness (QED) is 0.447. The van der Waals surface area contributed by atoms with Gasteiger partial charge in [-0.15, -0.1) is 0 Å². The topological polar surface area (TPSA) is 105 Å². The molecule has 0 aromatic heterocycles. The highest BCUT2D eigenvalue weighted by atomic mass is 35.5. The number of hydrogen-bond acceptors (Lipinski definition) is 6. The molecule has 0 saturated carbocycles. The SMILES string of the molecule is CN(C)CCNS(=O)(=O)c1ccc(NCCc2cccc(Cl)c2)c([N+](=O)[O-])c1. The third-order valence-corrected chi connectivity index (χ3v) is 5.64. The van der Waals surface area contributed by atoms with Gasteiger partial charge < -0.3 is 10.2 Å². The van der Waals surface area contributed by atoms with Gasteiger partial charge in [0, 0.05) is 30.7 Å². The van der Waals surface area contributed by atoms with Gasteiger partial charge in [0.2, 0.25) is 10.0 Å². The minimum absolute atomic E-state index is 0.140. The van der Waals surface area contributed by atoms with Crippen molar-refractivity contribution < 1.29 is 13.3 Å². The van der Waals surface area contributed by atoms with Crippen molar-refractivity contribution in [2.75, 3.05) is 39.0 Å². The van der Waals surface area contributed by atoms with Crippen LogP contribution in [0.4, 0.5) is 11.4 Å². The molecule has 0 bridgehead atoms. The lowest BCUT2D eigenvalue weighted by Gasteiger charge is -2.12. The van der Waals surface area contributed by atoms with Crippen molar-refractivity contribution in [1.29, 1.82) is 0 Å². The lowest BCUT2D eigenvalue weighted by molar-refractivity contribution is -0.384. The summed E-state index contributed by atoms with van der Waals surface area (Å²) in [5.74, 6) is 0. The fourth-order valence-corrected chi connectivity index (χ4v) is 3.75. The molecule has 28 heavy (non-hydrogen) atoms. The van der Waals surface area contributed by atoms with E-state index in [9.17, 15) is 18.5 Å². The Kier molecular flexibility index (Phi) is 7.76. The second-order valence-corrected chi connectivity index (χ2v) is 8.65. The third-order valence-electron chi connectivity index (χ3n) is 3.95. The molecular weight excluding hydrogens is 404 g/mol. The monoisotopic (exact) mass is 426 g/mol. The molecule has 0 atom stereocenters. The van der Waals surface area contributed by atoms with Gasteiger partial charge in [-0.3, -0.25) is 10.1 Å². The molecule has 0 amide bonds. The lowest BCUT2D eigenvalue weighted by Crippen LogP contribution is -2.31. The summed E-state index contributed by atoms with van der Waals surface area (Å²) >= 11 is 5.95. The summed E-state index contributed by atoms with van der Waals surface area (Å²) in [5, 5.41) is 15.0. The molecule has 0 aliphatic carbocycles. The first-order chi connectivity index (χ1) is 13.2. The molecule has 0 fully saturated rings. The first kappa shape index (κ1) is 22.1. The van der Waals surface area contributed by atoms with Gasteiger partial charge >= 0.3 is 0 Å². The van der Waals surface area contributed by atoms with Crippen molar-refractivity contribution in [3.8, 4) is 0 Å². The number of sulfonamides is 1. The van der Waals surface area contributed by atoms with Crippen LogP contribution < -0.4 is 10.0 Å². The van der Waals surface area contributed by atoms with E-state index in [0.717, 1.165) is 11.6 Å². The van der Waals surface area contributed by atoms with Crippen LogP contribution in [0.25, 0.3) is 0 Å². The Labute approximate surface area is 169 Å². The zero-order valence-electron chi connectivity index (χ0n) is 15.7. The van der Waals surface area contributed by atoms with Crippen LogP contribution in [0, 0.1) is 10.1 Å². The molecule has 0 aliphatic rings. The van der Waals surface area contributed by atoms with Crippen molar-refractivity contribution in [3.63, 3.8) is 0 Å². The van der Waals surface area contributed by atoms with E-state index in [4.69, 9.17) is 11.6 Å². The maximum absolute atomic E-state index is 12.3.